The predicted molar refractivity (Wildman–Crippen MR) is 80.7 cm³/mol. The topological polar surface area (TPSA) is 43.4 Å². The summed E-state index contributed by atoms with van der Waals surface area (Å²) in [7, 11) is 0. The fraction of sp³-hybridized carbons (Fsp3) is 0.471. The third-order valence-corrected chi connectivity index (χ3v) is 5.32. The first-order valence-corrected chi connectivity index (χ1v) is 7.82. The number of fused-ring (bicyclic) bond motifs is 4. The first kappa shape index (κ1) is 11.7. The summed E-state index contributed by atoms with van der Waals surface area (Å²) in [6, 6.07) is 6.72. The lowest BCUT2D eigenvalue weighted by molar-refractivity contribution is 0.174. The van der Waals surface area contributed by atoms with E-state index >= 15 is 0 Å². The van der Waals surface area contributed by atoms with Crippen LogP contribution in [-0.2, 0) is 0 Å². The molecule has 0 saturated heterocycles. The predicted octanol–water partition coefficient (Wildman–Crippen LogP) is 3.56. The molecule has 0 amide bonds. The Morgan fingerprint density at radius 1 is 1.10 bits per heavy atom. The molecule has 2 heterocycles. The third kappa shape index (κ3) is 1.78. The van der Waals surface area contributed by atoms with Crippen LogP contribution in [0, 0.1) is 11.8 Å². The Bertz CT molecular complexity index is 715. The number of hydrogen-bond donors (Lipinski definition) is 1. The number of nitrogens with zero attached hydrogens (tertiary/aromatic N) is 1. The highest BCUT2D eigenvalue weighted by molar-refractivity contribution is 5.94. The number of aromatic nitrogens is 1. The molecular weight excluding hydrogens is 264 g/mol. The summed E-state index contributed by atoms with van der Waals surface area (Å²) in [4.78, 5) is 4.57. The molecule has 4 nitrogen and oxygen atoms in total. The van der Waals surface area contributed by atoms with Gasteiger partial charge in [0.2, 0.25) is 6.79 Å². The molecule has 2 aromatic rings. The van der Waals surface area contributed by atoms with Crippen molar-refractivity contribution >= 4 is 16.6 Å². The van der Waals surface area contributed by atoms with Gasteiger partial charge in [-0.05, 0) is 54.7 Å². The van der Waals surface area contributed by atoms with Crippen molar-refractivity contribution < 1.29 is 9.47 Å². The Morgan fingerprint density at radius 3 is 2.81 bits per heavy atom. The first-order chi connectivity index (χ1) is 10.4. The maximum absolute atomic E-state index is 5.50. The van der Waals surface area contributed by atoms with E-state index < -0.39 is 0 Å². The van der Waals surface area contributed by atoms with Gasteiger partial charge < -0.3 is 14.8 Å². The first-order valence-electron chi connectivity index (χ1n) is 7.82. The molecule has 0 radical (unpaired) electrons. The van der Waals surface area contributed by atoms with Gasteiger partial charge >= 0.3 is 0 Å². The molecule has 0 spiro atoms. The lowest BCUT2D eigenvalue weighted by Crippen LogP contribution is -2.26. The van der Waals surface area contributed by atoms with E-state index in [-0.39, 0.29) is 0 Å². The van der Waals surface area contributed by atoms with Gasteiger partial charge in [0.1, 0.15) is 5.82 Å². The summed E-state index contributed by atoms with van der Waals surface area (Å²) in [6.45, 7) is 0.314. The van der Waals surface area contributed by atoms with Crippen molar-refractivity contribution in [1.82, 2.24) is 4.98 Å². The van der Waals surface area contributed by atoms with Gasteiger partial charge in [-0.1, -0.05) is 6.42 Å². The van der Waals surface area contributed by atoms with Crippen LogP contribution in [0.5, 0.6) is 11.5 Å². The van der Waals surface area contributed by atoms with Gasteiger partial charge in [-0.15, -0.1) is 0 Å². The molecule has 1 aromatic heterocycles. The van der Waals surface area contributed by atoms with Gasteiger partial charge in [-0.25, -0.2) is 4.98 Å². The summed E-state index contributed by atoms with van der Waals surface area (Å²) in [5, 5.41) is 5.98. The Kier molecular flexibility index (Phi) is 2.37. The van der Waals surface area contributed by atoms with Crippen LogP contribution in [0.15, 0.2) is 24.4 Å². The van der Waals surface area contributed by atoms with Crippen LogP contribution >= 0.6 is 0 Å². The van der Waals surface area contributed by atoms with Crippen LogP contribution < -0.4 is 14.8 Å². The van der Waals surface area contributed by atoms with E-state index in [4.69, 9.17) is 9.47 Å². The van der Waals surface area contributed by atoms with E-state index in [9.17, 15) is 0 Å². The molecule has 1 aromatic carbocycles. The maximum Gasteiger partial charge on any atom is 0.231 e. The van der Waals surface area contributed by atoms with Crippen LogP contribution in [0.25, 0.3) is 10.8 Å². The number of pyridine rings is 1. The number of benzene rings is 1. The molecule has 2 saturated carbocycles. The van der Waals surface area contributed by atoms with Gasteiger partial charge in [0.05, 0.1) is 0 Å². The average molecular weight is 282 g/mol. The lowest BCUT2D eigenvalue weighted by atomic mass is 9.95. The van der Waals surface area contributed by atoms with Crippen molar-refractivity contribution in [2.75, 3.05) is 12.1 Å². The van der Waals surface area contributed by atoms with Gasteiger partial charge in [0.25, 0.3) is 0 Å². The van der Waals surface area contributed by atoms with Crippen LogP contribution in [0.1, 0.15) is 25.7 Å². The molecule has 4 heteroatoms. The summed E-state index contributed by atoms with van der Waals surface area (Å²) in [5.74, 6) is 4.42. The van der Waals surface area contributed by atoms with Gasteiger partial charge in [-0.2, -0.15) is 0 Å². The van der Waals surface area contributed by atoms with Crippen molar-refractivity contribution in [1.29, 1.82) is 0 Å². The number of hydrogen-bond acceptors (Lipinski definition) is 4. The highest BCUT2D eigenvalue weighted by Crippen LogP contribution is 2.46. The monoisotopic (exact) mass is 282 g/mol. The molecule has 2 aliphatic carbocycles. The summed E-state index contributed by atoms with van der Waals surface area (Å²) >= 11 is 0. The van der Waals surface area contributed by atoms with Crippen molar-refractivity contribution in [3.8, 4) is 11.5 Å². The van der Waals surface area contributed by atoms with E-state index in [1.807, 2.05) is 18.3 Å². The van der Waals surface area contributed by atoms with Gasteiger partial charge in [0, 0.05) is 17.6 Å². The maximum atomic E-state index is 5.50. The van der Waals surface area contributed by atoms with Crippen LogP contribution in [0.4, 0.5) is 5.82 Å². The van der Waals surface area contributed by atoms with Crippen LogP contribution in [-0.4, -0.2) is 17.8 Å². The Labute approximate surface area is 123 Å². The zero-order chi connectivity index (χ0) is 13.8. The minimum absolute atomic E-state index is 0.314. The molecule has 1 aliphatic heterocycles. The third-order valence-electron chi connectivity index (χ3n) is 5.32. The van der Waals surface area contributed by atoms with Crippen LogP contribution in [0.3, 0.4) is 0 Å². The SMILES string of the molecule is c1cc2cc3c(cc2c(NC2CC4CCC2C4)n1)OCO3. The fourth-order valence-electron chi connectivity index (χ4n) is 4.27. The summed E-state index contributed by atoms with van der Waals surface area (Å²) in [5.41, 5.74) is 0. The quantitative estimate of drug-likeness (QED) is 0.914. The smallest absolute Gasteiger partial charge is 0.231 e. The van der Waals surface area contributed by atoms with Crippen molar-refractivity contribution in [3.05, 3.63) is 24.4 Å². The van der Waals surface area contributed by atoms with Gasteiger partial charge in [0.15, 0.2) is 11.5 Å². The second-order valence-electron chi connectivity index (χ2n) is 6.51. The number of nitrogens with one attached hydrogen (secondary N) is 1. The number of anilines is 1. The van der Waals surface area contributed by atoms with Crippen molar-refractivity contribution in [2.45, 2.75) is 31.7 Å². The van der Waals surface area contributed by atoms with E-state index in [1.165, 1.54) is 25.7 Å². The fourth-order valence-corrected chi connectivity index (χ4v) is 4.27. The molecule has 3 aliphatic rings. The molecule has 1 N–H and O–H groups in total. The largest absolute Gasteiger partial charge is 0.454 e. The normalized spacial score (nSPS) is 29.2. The Balaban J connectivity index is 1.54. The second kappa shape index (κ2) is 4.26. The lowest BCUT2D eigenvalue weighted by Gasteiger charge is -2.24. The van der Waals surface area contributed by atoms with Crippen LogP contribution in [0.2, 0.25) is 0 Å². The highest BCUT2D eigenvalue weighted by atomic mass is 16.7. The number of ether oxygens (including phenoxy) is 2. The zero-order valence-corrected chi connectivity index (χ0v) is 11.8. The zero-order valence-electron chi connectivity index (χ0n) is 11.8. The molecule has 108 valence electrons. The summed E-state index contributed by atoms with van der Waals surface area (Å²) < 4.78 is 11.0. The molecule has 2 fully saturated rings. The molecular formula is C17H18N2O2. The molecule has 5 rings (SSSR count). The molecule has 3 atom stereocenters. The molecule has 3 unspecified atom stereocenters. The summed E-state index contributed by atoms with van der Waals surface area (Å²) in [6.07, 6.45) is 7.37. The standard InChI is InChI=1S/C17H18N2O2/c1-2-12-5-10(1)6-14(12)19-17-13-8-16-15(20-9-21-16)7-11(13)3-4-18-17/h3-4,7-8,10,12,14H,1-2,5-6,9H2,(H,18,19). The van der Waals surface area contributed by atoms with E-state index in [0.29, 0.717) is 12.8 Å². The van der Waals surface area contributed by atoms with Gasteiger partial charge in [-0.3, -0.25) is 0 Å². The molecule has 21 heavy (non-hydrogen) atoms. The van der Waals surface area contributed by atoms with E-state index in [2.05, 4.69) is 16.4 Å². The minimum Gasteiger partial charge on any atom is -0.454 e. The van der Waals surface area contributed by atoms with Crippen molar-refractivity contribution in [2.24, 2.45) is 11.8 Å². The average Bonchev–Trinajstić information content (AvgIpc) is 3.21. The Morgan fingerprint density at radius 2 is 2.00 bits per heavy atom. The van der Waals surface area contributed by atoms with Crippen molar-refractivity contribution in [3.63, 3.8) is 0 Å². The number of rotatable bonds is 2. The second-order valence-corrected chi connectivity index (χ2v) is 6.51. The Hall–Kier alpha value is -1.97. The van der Waals surface area contributed by atoms with E-state index in [1.54, 1.807) is 0 Å². The molecule has 2 bridgehead atoms. The highest BCUT2D eigenvalue weighted by Gasteiger charge is 2.39. The van der Waals surface area contributed by atoms with E-state index in [0.717, 1.165) is 39.9 Å². The minimum atomic E-state index is 0.314.